The van der Waals surface area contributed by atoms with Gasteiger partial charge in [-0.15, -0.1) is 0 Å². The van der Waals surface area contributed by atoms with Crippen molar-refractivity contribution in [1.29, 1.82) is 0 Å². The maximum Gasteiger partial charge on any atom is 0.00793 e. The molecule has 0 aliphatic heterocycles. The Bertz CT molecular complexity index is 205. The highest BCUT2D eigenvalue weighted by Gasteiger charge is 2.36. The van der Waals surface area contributed by atoms with Crippen LogP contribution in [0.4, 0.5) is 0 Å². The molecule has 0 aromatic carbocycles. The van der Waals surface area contributed by atoms with Crippen molar-refractivity contribution in [2.24, 2.45) is 17.6 Å². The van der Waals surface area contributed by atoms with Crippen LogP contribution in [0.25, 0.3) is 0 Å². The van der Waals surface area contributed by atoms with Gasteiger partial charge in [0.1, 0.15) is 0 Å². The molecule has 2 aliphatic carbocycles. The summed E-state index contributed by atoms with van der Waals surface area (Å²) in [7, 11) is 0. The van der Waals surface area contributed by atoms with Gasteiger partial charge >= 0.3 is 0 Å². The van der Waals surface area contributed by atoms with Crippen LogP contribution in [0.3, 0.4) is 0 Å². The third-order valence-electron chi connectivity index (χ3n) is 3.53. The molecule has 0 bridgehead atoms. The van der Waals surface area contributed by atoms with Crippen LogP contribution in [0, 0.1) is 11.8 Å². The molecule has 62 valence electrons. The van der Waals surface area contributed by atoms with Crippen LogP contribution in [0.1, 0.15) is 33.1 Å². The lowest BCUT2D eigenvalue weighted by Crippen LogP contribution is -2.36. The Kier molecular flexibility index (Phi) is 1.57. The summed E-state index contributed by atoms with van der Waals surface area (Å²) in [6, 6.07) is 0.462. The van der Waals surface area contributed by atoms with Gasteiger partial charge in [-0.3, -0.25) is 0 Å². The third-order valence-corrected chi connectivity index (χ3v) is 3.53. The highest BCUT2D eigenvalue weighted by atomic mass is 14.6. The lowest BCUT2D eigenvalue weighted by Gasteiger charge is -2.43. The highest BCUT2D eigenvalue weighted by molar-refractivity contribution is 5.33. The molecule has 0 heterocycles. The average molecular weight is 151 g/mol. The maximum absolute atomic E-state index is 5.89. The minimum absolute atomic E-state index is 0.462. The van der Waals surface area contributed by atoms with Gasteiger partial charge in [0.05, 0.1) is 0 Å². The van der Waals surface area contributed by atoms with E-state index in [1.165, 1.54) is 19.3 Å². The lowest BCUT2D eigenvalue weighted by atomic mass is 9.63. The standard InChI is InChI=1S/C10H17N/c1-6-7(2)10-5-8(11)3-4-9(6)10/h6-8H,3-5,11H2,1-2H3. The Labute approximate surface area is 68.7 Å². The summed E-state index contributed by atoms with van der Waals surface area (Å²) >= 11 is 0. The first-order valence-electron chi connectivity index (χ1n) is 4.67. The first-order valence-corrected chi connectivity index (χ1v) is 4.67. The van der Waals surface area contributed by atoms with Crippen molar-refractivity contribution in [3.63, 3.8) is 0 Å². The molecule has 0 fully saturated rings. The smallest absolute Gasteiger partial charge is 0.00793 e. The largest absolute Gasteiger partial charge is 0.327 e. The normalized spacial score (nSPS) is 43.4. The van der Waals surface area contributed by atoms with Gasteiger partial charge in [-0.2, -0.15) is 0 Å². The molecule has 3 atom stereocenters. The molecule has 2 aliphatic rings. The van der Waals surface area contributed by atoms with Crippen LogP contribution < -0.4 is 5.73 Å². The summed E-state index contributed by atoms with van der Waals surface area (Å²) in [6.07, 6.45) is 3.68. The van der Waals surface area contributed by atoms with Gasteiger partial charge in [-0.25, -0.2) is 0 Å². The minimum Gasteiger partial charge on any atom is -0.327 e. The second kappa shape index (κ2) is 2.34. The van der Waals surface area contributed by atoms with Crippen molar-refractivity contribution in [3.8, 4) is 0 Å². The van der Waals surface area contributed by atoms with E-state index in [0.717, 1.165) is 11.8 Å². The van der Waals surface area contributed by atoms with Crippen LogP contribution in [-0.2, 0) is 0 Å². The van der Waals surface area contributed by atoms with Gasteiger partial charge < -0.3 is 5.73 Å². The highest BCUT2D eigenvalue weighted by Crippen LogP contribution is 2.47. The summed E-state index contributed by atoms with van der Waals surface area (Å²) in [5.74, 6) is 1.69. The van der Waals surface area contributed by atoms with Gasteiger partial charge in [0.25, 0.3) is 0 Å². The van der Waals surface area contributed by atoms with E-state index in [1.807, 2.05) is 0 Å². The molecule has 0 aromatic rings. The van der Waals surface area contributed by atoms with E-state index in [9.17, 15) is 0 Å². The zero-order chi connectivity index (χ0) is 8.01. The molecule has 0 aromatic heterocycles. The molecule has 3 unspecified atom stereocenters. The Balaban J connectivity index is 2.18. The van der Waals surface area contributed by atoms with Crippen LogP contribution in [0.2, 0.25) is 0 Å². The van der Waals surface area contributed by atoms with E-state index < -0.39 is 0 Å². The Hall–Kier alpha value is -0.300. The van der Waals surface area contributed by atoms with Crippen molar-refractivity contribution in [2.45, 2.75) is 39.2 Å². The molecule has 0 amide bonds. The van der Waals surface area contributed by atoms with Gasteiger partial charge in [0.2, 0.25) is 0 Å². The molecule has 2 N–H and O–H groups in total. The van der Waals surface area contributed by atoms with E-state index in [-0.39, 0.29) is 0 Å². The number of hydrogen-bond donors (Lipinski definition) is 1. The Morgan fingerprint density at radius 1 is 1.18 bits per heavy atom. The van der Waals surface area contributed by atoms with Crippen LogP contribution >= 0.6 is 0 Å². The zero-order valence-corrected chi connectivity index (χ0v) is 7.43. The Morgan fingerprint density at radius 2 is 1.82 bits per heavy atom. The predicted molar refractivity (Wildman–Crippen MR) is 47.2 cm³/mol. The second-order valence-corrected chi connectivity index (χ2v) is 4.13. The van der Waals surface area contributed by atoms with Gasteiger partial charge in [0.15, 0.2) is 0 Å². The SMILES string of the molecule is CC1C2=C(CC(N)CC2)C1C. The summed E-state index contributed by atoms with van der Waals surface area (Å²) in [6.45, 7) is 4.68. The number of hydrogen-bond acceptors (Lipinski definition) is 1. The summed E-state index contributed by atoms with van der Waals surface area (Å²) in [5, 5.41) is 0. The molecule has 1 nitrogen and oxygen atoms in total. The van der Waals surface area contributed by atoms with Crippen molar-refractivity contribution in [2.75, 3.05) is 0 Å². The van der Waals surface area contributed by atoms with Crippen molar-refractivity contribution < 1.29 is 0 Å². The fraction of sp³-hybridized carbons (Fsp3) is 0.800. The average Bonchev–Trinajstić information content (AvgIpc) is 2.03. The number of nitrogens with two attached hydrogens (primary N) is 1. The van der Waals surface area contributed by atoms with E-state index in [0.29, 0.717) is 6.04 Å². The number of allylic oxidation sites excluding steroid dienone is 1. The molecule has 0 saturated heterocycles. The zero-order valence-electron chi connectivity index (χ0n) is 7.43. The molecule has 11 heavy (non-hydrogen) atoms. The number of rotatable bonds is 0. The van der Waals surface area contributed by atoms with Crippen molar-refractivity contribution in [3.05, 3.63) is 11.1 Å². The van der Waals surface area contributed by atoms with Crippen LogP contribution in [0.15, 0.2) is 11.1 Å². The molecule has 0 saturated carbocycles. The van der Waals surface area contributed by atoms with E-state index in [2.05, 4.69) is 13.8 Å². The van der Waals surface area contributed by atoms with Crippen LogP contribution in [-0.4, -0.2) is 6.04 Å². The molecule has 1 heteroatoms. The molecule has 0 spiro atoms. The molecule has 2 rings (SSSR count). The quantitative estimate of drug-likeness (QED) is 0.527. The summed E-state index contributed by atoms with van der Waals surface area (Å²) in [5.41, 5.74) is 9.32. The van der Waals surface area contributed by atoms with Gasteiger partial charge in [0, 0.05) is 6.04 Å². The van der Waals surface area contributed by atoms with E-state index in [1.54, 1.807) is 11.1 Å². The maximum atomic E-state index is 5.89. The molecule has 0 radical (unpaired) electrons. The van der Waals surface area contributed by atoms with E-state index >= 15 is 0 Å². The topological polar surface area (TPSA) is 26.0 Å². The fourth-order valence-electron chi connectivity index (χ4n) is 2.52. The summed E-state index contributed by atoms with van der Waals surface area (Å²) in [4.78, 5) is 0. The minimum atomic E-state index is 0.462. The van der Waals surface area contributed by atoms with Crippen molar-refractivity contribution in [1.82, 2.24) is 0 Å². The van der Waals surface area contributed by atoms with Crippen molar-refractivity contribution >= 4 is 0 Å². The second-order valence-electron chi connectivity index (χ2n) is 4.13. The predicted octanol–water partition coefficient (Wildman–Crippen LogP) is 2.08. The van der Waals surface area contributed by atoms with E-state index in [4.69, 9.17) is 5.73 Å². The molecular weight excluding hydrogens is 134 g/mol. The summed E-state index contributed by atoms with van der Waals surface area (Å²) < 4.78 is 0. The third kappa shape index (κ3) is 0.943. The van der Waals surface area contributed by atoms with Crippen LogP contribution in [0.5, 0.6) is 0 Å². The lowest BCUT2D eigenvalue weighted by molar-refractivity contribution is 0.346. The Morgan fingerprint density at radius 3 is 2.55 bits per heavy atom. The van der Waals surface area contributed by atoms with Gasteiger partial charge in [-0.1, -0.05) is 25.0 Å². The first-order chi connectivity index (χ1) is 5.20. The fourth-order valence-corrected chi connectivity index (χ4v) is 2.52. The monoisotopic (exact) mass is 151 g/mol. The molecular formula is C10H17N. The van der Waals surface area contributed by atoms with Gasteiger partial charge in [-0.05, 0) is 31.1 Å². The first kappa shape index (κ1) is 7.35.